The summed E-state index contributed by atoms with van der Waals surface area (Å²) in [6.07, 6.45) is 1.39. The number of nitrogens with one attached hydrogen (secondary N) is 1. The van der Waals surface area contributed by atoms with E-state index in [-0.39, 0.29) is 22.0 Å². The van der Waals surface area contributed by atoms with Crippen LogP contribution in [0.2, 0.25) is 0 Å². The van der Waals surface area contributed by atoms with Gasteiger partial charge in [-0.2, -0.15) is 5.26 Å². The molecule has 0 unspecified atom stereocenters. The SMILES string of the molecule is N#C/C(=C/c1ccc(OC(=O)c2ccccc2F)cc1)C(=O)Nc1nnc(N2CCOCC2)s1. The standard InChI is InChI=1S/C23H18FN5O4S/c24-19-4-2-1-3-18(19)21(31)33-17-7-5-15(6-8-17)13-16(14-25)20(30)26-22-27-28-23(34-22)29-9-11-32-12-10-29/h1-8,13H,9-12H2,(H,26,27,30)/b16-13-. The van der Waals surface area contributed by atoms with Crippen LogP contribution in [-0.2, 0) is 9.53 Å². The van der Waals surface area contributed by atoms with Crippen molar-refractivity contribution in [3.8, 4) is 11.8 Å². The number of morpholine rings is 1. The van der Waals surface area contributed by atoms with Gasteiger partial charge in [-0.3, -0.25) is 10.1 Å². The molecule has 0 bridgehead atoms. The lowest BCUT2D eigenvalue weighted by molar-refractivity contribution is -0.112. The highest BCUT2D eigenvalue weighted by Gasteiger charge is 2.18. The fourth-order valence-corrected chi connectivity index (χ4v) is 3.84. The number of benzene rings is 2. The van der Waals surface area contributed by atoms with E-state index in [1.54, 1.807) is 12.1 Å². The molecule has 1 aromatic heterocycles. The summed E-state index contributed by atoms with van der Waals surface area (Å²) in [7, 11) is 0. The predicted molar refractivity (Wildman–Crippen MR) is 123 cm³/mol. The summed E-state index contributed by atoms with van der Waals surface area (Å²) in [5, 5.41) is 21.0. The molecule has 4 rings (SSSR count). The lowest BCUT2D eigenvalue weighted by Crippen LogP contribution is -2.36. The number of nitrogens with zero attached hydrogens (tertiary/aromatic N) is 4. The first-order chi connectivity index (χ1) is 16.5. The fraction of sp³-hybridized carbons (Fsp3) is 0.174. The zero-order valence-electron chi connectivity index (χ0n) is 17.7. The third-order valence-electron chi connectivity index (χ3n) is 4.78. The maximum Gasteiger partial charge on any atom is 0.346 e. The number of carbonyl (C=O) groups excluding carboxylic acids is 2. The molecule has 172 valence electrons. The van der Waals surface area contributed by atoms with Crippen LogP contribution in [0.5, 0.6) is 5.75 Å². The Morgan fingerprint density at radius 3 is 2.59 bits per heavy atom. The van der Waals surface area contributed by atoms with Crippen LogP contribution in [0, 0.1) is 17.1 Å². The molecule has 3 aromatic rings. The third kappa shape index (κ3) is 5.61. The number of nitriles is 1. The van der Waals surface area contributed by atoms with E-state index in [0.717, 1.165) is 0 Å². The van der Waals surface area contributed by atoms with E-state index in [4.69, 9.17) is 9.47 Å². The second-order valence-electron chi connectivity index (χ2n) is 7.05. The molecule has 0 atom stereocenters. The van der Waals surface area contributed by atoms with Crippen molar-refractivity contribution in [2.45, 2.75) is 0 Å². The summed E-state index contributed by atoms with van der Waals surface area (Å²) in [5.41, 5.74) is 0.214. The Bertz CT molecular complexity index is 1260. The monoisotopic (exact) mass is 479 g/mol. The topological polar surface area (TPSA) is 117 Å². The van der Waals surface area contributed by atoms with Crippen LogP contribution >= 0.6 is 11.3 Å². The molecule has 1 amide bonds. The van der Waals surface area contributed by atoms with E-state index in [0.29, 0.717) is 37.0 Å². The van der Waals surface area contributed by atoms with Crippen LogP contribution in [0.15, 0.2) is 54.1 Å². The Morgan fingerprint density at radius 2 is 1.88 bits per heavy atom. The van der Waals surface area contributed by atoms with E-state index in [1.807, 2.05) is 11.0 Å². The smallest absolute Gasteiger partial charge is 0.346 e. The van der Waals surface area contributed by atoms with Gasteiger partial charge in [0.05, 0.1) is 18.8 Å². The first-order valence-corrected chi connectivity index (χ1v) is 11.0. The van der Waals surface area contributed by atoms with Gasteiger partial charge in [-0.1, -0.05) is 35.6 Å². The largest absolute Gasteiger partial charge is 0.423 e. The first-order valence-electron chi connectivity index (χ1n) is 10.2. The van der Waals surface area contributed by atoms with Crippen molar-refractivity contribution in [3.63, 3.8) is 0 Å². The van der Waals surface area contributed by atoms with Gasteiger partial charge >= 0.3 is 5.97 Å². The number of anilines is 2. The Morgan fingerprint density at radius 1 is 1.15 bits per heavy atom. The molecule has 1 aliphatic heterocycles. The lowest BCUT2D eigenvalue weighted by Gasteiger charge is -2.25. The van der Waals surface area contributed by atoms with Crippen molar-refractivity contribution in [1.82, 2.24) is 10.2 Å². The van der Waals surface area contributed by atoms with Gasteiger partial charge < -0.3 is 14.4 Å². The Hall–Kier alpha value is -4.14. The summed E-state index contributed by atoms with van der Waals surface area (Å²) in [6, 6.07) is 13.5. The van der Waals surface area contributed by atoms with Gasteiger partial charge in [-0.05, 0) is 35.9 Å². The molecule has 0 saturated carbocycles. The number of hydrogen-bond donors (Lipinski definition) is 1. The normalized spacial score (nSPS) is 13.8. The molecule has 1 fully saturated rings. The van der Waals surface area contributed by atoms with E-state index in [9.17, 15) is 19.2 Å². The quantitative estimate of drug-likeness (QED) is 0.248. The van der Waals surface area contributed by atoms with Gasteiger partial charge in [0.2, 0.25) is 10.3 Å². The van der Waals surface area contributed by atoms with Crippen molar-refractivity contribution >= 4 is 39.6 Å². The molecule has 11 heteroatoms. The van der Waals surface area contributed by atoms with Gasteiger partial charge in [-0.15, -0.1) is 10.2 Å². The van der Waals surface area contributed by atoms with E-state index in [1.165, 1.54) is 53.8 Å². The molecule has 9 nitrogen and oxygen atoms in total. The van der Waals surface area contributed by atoms with Crippen LogP contribution in [0.4, 0.5) is 14.7 Å². The molecular formula is C23H18FN5O4S. The number of carbonyl (C=O) groups is 2. The van der Waals surface area contributed by atoms with Gasteiger partial charge in [-0.25, -0.2) is 9.18 Å². The number of halogens is 1. The lowest BCUT2D eigenvalue weighted by atomic mass is 10.1. The third-order valence-corrected chi connectivity index (χ3v) is 5.68. The maximum atomic E-state index is 13.7. The number of ether oxygens (including phenoxy) is 2. The highest BCUT2D eigenvalue weighted by molar-refractivity contribution is 7.19. The molecule has 1 aliphatic rings. The van der Waals surface area contributed by atoms with E-state index in [2.05, 4.69) is 15.5 Å². The summed E-state index contributed by atoms with van der Waals surface area (Å²) in [4.78, 5) is 26.7. The van der Waals surface area contributed by atoms with Crippen LogP contribution < -0.4 is 15.0 Å². The predicted octanol–water partition coefficient (Wildman–Crippen LogP) is 3.28. The zero-order valence-corrected chi connectivity index (χ0v) is 18.5. The fourth-order valence-electron chi connectivity index (χ4n) is 3.05. The number of hydrogen-bond acceptors (Lipinski definition) is 9. The van der Waals surface area contributed by atoms with E-state index >= 15 is 0 Å². The first kappa shape index (κ1) is 23.0. The minimum Gasteiger partial charge on any atom is -0.423 e. The molecule has 0 spiro atoms. The van der Waals surface area contributed by atoms with Crippen LogP contribution in [-0.4, -0.2) is 48.4 Å². The average Bonchev–Trinajstić information content (AvgIpc) is 3.32. The highest BCUT2D eigenvalue weighted by atomic mass is 32.1. The molecule has 2 heterocycles. The van der Waals surface area contributed by atoms with Gasteiger partial charge in [0.15, 0.2) is 0 Å². The molecule has 1 N–H and O–H groups in total. The minimum absolute atomic E-state index is 0.140. The Labute approximate surface area is 198 Å². The molecular weight excluding hydrogens is 461 g/mol. The second-order valence-corrected chi connectivity index (χ2v) is 8.01. The highest BCUT2D eigenvalue weighted by Crippen LogP contribution is 2.25. The van der Waals surface area contributed by atoms with Crippen molar-refractivity contribution in [2.24, 2.45) is 0 Å². The second kappa shape index (κ2) is 10.7. The number of rotatable bonds is 6. The van der Waals surface area contributed by atoms with Gasteiger partial charge in [0, 0.05) is 13.1 Å². The van der Waals surface area contributed by atoms with Gasteiger partial charge in [0.25, 0.3) is 5.91 Å². The molecule has 34 heavy (non-hydrogen) atoms. The van der Waals surface area contributed by atoms with Crippen molar-refractivity contribution in [3.05, 3.63) is 71.0 Å². The van der Waals surface area contributed by atoms with Crippen LogP contribution in [0.1, 0.15) is 15.9 Å². The van der Waals surface area contributed by atoms with Crippen LogP contribution in [0.25, 0.3) is 6.08 Å². The number of aromatic nitrogens is 2. The van der Waals surface area contributed by atoms with Crippen molar-refractivity contribution in [2.75, 3.05) is 36.5 Å². The van der Waals surface area contributed by atoms with E-state index < -0.39 is 17.7 Å². The maximum absolute atomic E-state index is 13.7. The molecule has 2 aromatic carbocycles. The number of amides is 1. The Balaban J connectivity index is 1.39. The molecule has 1 saturated heterocycles. The minimum atomic E-state index is -0.827. The van der Waals surface area contributed by atoms with Crippen molar-refractivity contribution in [1.29, 1.82) is 5.26 Å². The van der Waals surface area contributed by atoms with Gasteiger partial charge in [0.1, 0.15) is 23.2 Å². The summed E-state index contributed by atoms with van der Waals surface area (Å²) in [6.45, 7) is 2.59. The van der Waals surface area contributed by atoms with Crippen LogP contribution in [0.3, 0.4) is 0 Å². The Kier molecular flexibility index (Phi) is 7.22. The zero-order chi connectivity index (χ0) is 23.9. The summed E-state index contributed by atoms with van der Waals surface area (Å²) < 4.78 is 24.2. The molecule has 0 radical (unpaired) electrons. The molecule has 0 aliphatic carbocycles. The average molecular weight is 479 g/mol. The summed E-state index contributed by atoms with van der Waals surface area (Å²) in [5.74, 6) is -1.93. The number of esters is 1. The summed E-state index contributed by atoms with van der Waals surface area (Å²) >= 11 is 1.21. The van der Waals surface area contributed by atoms with Crippen molar-refractivity contribution < 1.29 is 23.5 Å².